The zero-order chi connectivity index (χ0) is 16.2. The van der Waals surface area contributed by atoms with Gasteiger partial charge in [-0.15, -0.1) is 0 Å². The van der Waals surface area contributed by atoms with Crippen molar-refractivity contribution in [3.63, 3.8) is 0 Å². The van der Waals surface area contributed by atoms with Crippen LogP contribution in [0.5, 0.6) is 0 Å². The highest BCUT2D eigenvalue weighted by molar-refractivity contribution is 7.90. The fraction of sp³-hybridized carbons (Fsp3) is 0.429. The zero-order valence-electron chi connectivity index (χ0n) is 12.3. The first-order valence-corrected chi connectivity index (χ1v) is 8.16. The predicted molar refractivity (Wildman–Crippen MR) is 78.4 cm³/mol. The highest BCUT2D eigenvalue weighted by Gasteiger charge is 2.23. The maximum absolute atomic E-state index is 12.1. The lowest BCUT2D eigenvalue weighted by Gasteiger charge is -2.11. The van der Waals surface area contributed by atoms with Crippen LogP contribution in [0.3, 0.4) is 0 Å². The van der Waals surface area contributed by atoms with Gasteiger partial charge in [0.15, 0.2) is 9.84 Å². The van der Waals surface area contributed by atoms with Crippen LogP contribution in [-0.4, -0.2) is 33.2 Å². The molecule has 0 heterocycles. The van der Waals surface area contributed by atoms with Gasteiger partial charge in [0, 0.05) is 5.56 Å². The molecule has 1 rings (SSSR count). The van der Waals surface area contributed by atoms with E-state index in [1.54, 1.807) is 19.1 Å². The normalized spacial score (nSPS) is 12.7. The van der Waals surface area contributed by atoms with Crippen LogP contribution in [0.25, 0.3) is 0 Å². The zero-order valence-corrected chi connectivity index (χ0v) is 13.1. The Bertz CT molecular complexity index is 651. The number of hydrogen-bond donors (Lipinski definition) is 1. The molecule has 0 bridgehead atoms. The minimum absolute atomic E-state index is 0.195. The fourth-order valence-electron chi connectivity index (χ4n) is 1.96. The van der Waals surface area contributed by atoms with Crippen molar-refractivity contribution in [2.75, 3.05) is 12.9 Å². The molecule has 0 aliphatic rings. The van der Waals surface area contributed by atoms with Gasteiger partial charge < -0.3 is 10.5 Å². The molecule has 0 aromatic heterocycles. The highest BCUT2D eigenvalue weighted by Crippen LogP contribution is 2.16. The SMILES string of the molecule is COC(=O)C(C)CS(=O)(=O)Cc1ccc(C(N)=O)cc1C. The number of primary amides is 1. The summed E-state index contributed by atoms with van der Waals surface area (Å²) >= 11 is 0. The molecular weight excluding hydrogens is 294 g/mol. The van der Waals surface area contributed by atoms with E-state index in [1.165, 1.54) is 20.1 Å². The molecule has 1 aromatic rings. The summed E-state index contributed by atoms with van der Waals surface area (Å²) in [5, 5.41) is 0. The number of esters is 1. The molecule has 116 valence electrons. The highest BCUT2D eigenvalue weighted by atomic mass is 32.2. The van der Waals surface area contributed by atoms with Gasteiger partial charge in [0.25, 0.3) is 0 Å². The lowest BCUT2D eigenvalue weighted by atomic mass is 10.1. The van der Waals surface area contributed by atoms with Crippen molar-refractivity contribution < 1.29 is 22.7 Å². The molecule has 6 nitrogen and oxygen atoms in total. The van der Waals surface area contributed by atoms with Crippen LogP contribution < -0.4 is 5.73 Å². The number of carbonyl (C=O) groups excluding carboxylic acids is 2. The largest absolute Gasteiger partial charge is 0.469 e. The first-order valence-electron chi connectivity index (χ1n) is 6.34. The Hall–Kier alpha value is -1.89. The first kappa shape index (κ1) is 17.2. The van der Waals surface area contributed by atoms with Crippen molar-refractivity contribution >= 4 is 21.7 Å². The fourth-order valence-corrected chi connectivity index (χ4v) is 3.77. The standard InChI is InChI=1S/C14H19NO5S/c1-9-6-11(13(15)16)4-5-12(9)8-21(18,19)7-10(2)14(17)20-3/h4-6,10H,7-8H2,1-3H3,(H2,15,16). The monoisotopic (exact) mass is 313 g/mol. The molecule has 1 unspecified atom stereocenters. The van der Waals surface area contributed by atoms with E-state index < -0.39 is 27.6 Å². The third-order valence-electron chi connectivity index (χ3n) is 3.11. The summed E-state index contributed by atoms with van der Waals surface area (Å²) in [6.45, 7) is 3.22. The molecule has 1 aromatic carbocycles. The van der Waals surface area contributed by atoms with Crippen LogP contribution in [0, 0.1) is 12.8 Å². The molecule has 2 N–H and O–H groups in total. The Kier molecular flexibility index (Phi) is 5.48. The van der Waals surface area contributed by atoms with Crippen LogP contribution >= 0.6 is 0 Å². The van der Waals surface area contributed by atoms with Gasteiger partial charge in [0.1, 0.15) is 0 Å². The topological polar surface area (TPSA) is 104 Å². The van der Waals surface area contributed by atoms with Crippen LogP contribution in [0.2, 0.25) is 0 Å². The summed E-state index contributed by atoms with van der Waals surface area (Å²) < 4.78 is 28.7. The Labute approximate surface area is 124 Å². The molecule has 0 aliphatic heterocycles. The second-order valence-corrected chi connectivity index (χ2v) is 7.09. The number of hydrogen-bond acceptors (Lipinski definition) is 5. The number of methoxy groups -OCH3 is 1. The molecule has 1 atom stereocenters. The van der Waals surface area contributed by atoms with Gasteiger partial charge >= 0.3 is 5.97 Å². The average Bonchev–Trinajstić information content (AvgIpc) is 2.39. The summed E-state index contributed by atoms with van der Waals surface area (Å²) in [6.07, 6.45) is 0. The third kappa shape index (κ3) is 4.86. The molecule has 0 radical (unpaired) electrons. The Morgan fingerprint density at radius 2 is 1.95 bits per heavy atom. The number of amides is 1. The summed E-state index contributed by atoms with van der Waals surface area (Å²) in [4.78, 5) is 22.3. The molecular formula is C14H19NO5S. The predicted octanol–water partition coefficient (Wildman–Crippen LogP) is 0.818. The summed E-state index contributed by atoms with van der Waals surface area (Å²) in [7, 11) is -2.24. The van der Waals surface area contributed by atoms with Crippen molar-refractivity contribution in [1.29, 1.82) is 0 Å². The van der Waals surface area contributed by atoms with E-state index in [2.05, 4.69) is 4.74 Å². The van der Waals surface area contributed by atoms with Crippen molar-refractivity contribution in [3.05, 3.63) is 34.9 Å². The van der Waals surface area contributed by atoms with Gasteiger partial charge in [-0.2, -0.15) is 0 Å². The first-order chi connectivity index (χ1) is 9.66. The number of benzene rings is 1. The van der Waals surface area contributed by atoms with E-state index in [0.29, 0.717) is 16.7 Å². The van der Waals surface area contributed by atoms with Gasteiger partial charge in [0.2, 0.25) is 5.91 Å². The maximum Gasteiger partial charge on any atom is 0.309 e. The van der Waals surface area contributed by atoms with Crippen molar-refractivity contribution in [1.82, 2.24) is 0 Å². The number of ether oxygens (including phenoxy) is 1. The second kappa shape index (κ2) is 6.71. The second-order valence-electron chi connectivity index (χ2n) is 4.98. The number of nitrogens with two attached hydrogens (primary N) is 1. The summed E-state index contributed by atoms with van der Waals surface area (Å²) in [5.41, 5.74) is 6.74. The van der Waals surface area contributed by atoms with E-state index in [4.69, 9.17) is 5.73 Å². The van der Waals surface area contributed by atoms with Crippen molar-refractivity contribution in [2.24, 2.45) is 11.7 Å². The third-order valence-corrected chi connectivity index (χ3v) is 4.87. The van der Waals surface area contributed by atoms with Gasteiger partial charge in [0.05, 0.1) is 24.5 Å². The van der Waals surface area contributed by atoms with Gasteiger partial charge in [-0.1, -0.05) is 13.0 Å². The van der Waals surface area contributed by atoms with Crippen LogP contribution in [0.4, 0.5) is 0 Å². The summed E-state index contributed by atoms with van der Waals surface area (Å²) in [6, 6.07) is 4.61. The minimum Gasteiger partial charge on any atom is -0.469 e. The average molecular weight is 313 g/mol. The molecule has 0 saturated carbocycles. The summed E-state index contributed by atoms with van der Waals surface area (Å²) in [5.74, 6) is -2.31. The molecule has 21 heavy (non-hydrogen) atoms. The lowest BCUT2D eigenvalue weighted by Crippen LogP contribution is -2.23. The number of aryl methyl sites for hydroxylation is 1. The lowest BCUT2D eigenvalue weighted by molar-refractivity contribution is -0.144. The van der Waals surface area contributed by atoms with E-state index in [1.807, 2.05) is 0 Å². The quantitative estimate of drug-likeness (QED) is 0.783. The van der Waals surface area contributed by atoms with Crippen LogP contribution in [-0.2, 0) is 25.1 Å². The van der Waals surface area contributed by atoms with Crippen LogP contribution in [0.15, 0.2) is 18.2 Å². The Balaban J connectivity index is 2.89. The molecule has 1 amide bonds. The number of carbonyl (C=O) groups is 2. The number of rotatable bonds is 6. The maximum atomic E-state index is 12.1. The Morgan fingerprint density at radius 3 is 2.43 bits per heavy atom. The van der Waals surface area contributed by atoms with Crippen molar-refractivity contribution in [2.45, 2.75) is 19.6 Å². The molecule has 0 spiro atoms. The smallest absolute Gasteiger partial charge is 0.309 e. The molecule has 0 aliphatic carbocycles. The van der Waals surface area contributed by atoms with Crippen LogP contribution in [0.1, 0.15) is 28.4 Å². The van der Waals surface area contributed by atoms with E-state index in [0.717, 1.165) is 0 Å². The van der Waals surface area contributed by atoms with Gasteiger partial charge in [-0.05, 0) is 30.2 Å². The van der Waals surface area contributed by atoms with Gasteiger partial charge in [-0.3, -0.25) is 9.59 Å². The molecule has 0 fully saturated rings. The van der Waals surface area contributed by atoms with E-state index >= 15 is 0 Å². The van der Waals surface area contributed by atoms with E-state index in [-0.39, 0.29) is 11.5 Å². The number of sulfone groups is 1. The Morgan fingerprint density at radius 1 is 1.33 bits per heavy atom. The molecule has 7 heteroatoms. The minimum atomic E-state index is -3.46. The molecule has 0 saturated heterocycles. The van der Waals surface area contributed by atoms with E-state index in [9.17, 15) is 18.0 Å². The van der Waals surface area contributed by atoms with Crippen molar-refractivity contribution in [3.8, 4) is 0 Å². The van der Waals surface area contributed by atoms with Gasteiger partial charge in [-0.25, -0.2) is 8.42 Å².